The van der Waals surface area contributed by atoms with Gasteiger partial charge in [-0.2, -0.15) is 0 Å². The molecule has 5 heteroatoms. The summed E-state index contributed by atoms with van der Waals surface area (Å²) in [7, 11) is -3.42. The van der Waals surface area contributed by atoms with Crippen LogP contribution < -0.4 is 5.32 Å². The molecule has 0 aliphatic rings. The Bertz CT molecular complexity index is 751. The van der Waals surface area contributed by atoms with E-state index in [1.165, 1.54) is 6.08 Å². The number of nitrogens with one attached hydrogen (secondary N) is 1. The van der Waals surface area contributed by atoms with E-state index < -0.39 is 21.5 Å². The Morgan fingerprint density at radius 2 is 1.85 bits per heavy atom. The summed E-state index contributed by atoms with van der Waals surface area (Å²) in [4.78, 5) is 11.7. The fourth-order valence-corrected chi connectivity index (χ4v) is 2.85. The van der Waals surface area contributed by atoms with Crippen LogP contribution in [-0.2, 0) is 14.6 Å². The second-order valence-corrected chi connectivity index (χ2v) is 6.56. The molecule has 0 atom stereocenters. The molecular formula is C15H15NO3S. The van der Waals surface area contributed by atoms with Crippen molar-refractivity contribution in [3.63, 3.8) is 0 Å². The smallest absolute Gasteiger partial charge is 0.239 e. The first-order chi connectivity index (χ1) is 9.50. The predicted octanol–water partition coefficient (Wildman–Crippen LogP) is 2.38. The lowest BCUT2D eigenvalue weighted by atomic mass is 10.1. The van der Waals surface area contributed by atoms with Gasteiger partial charge in [0.2, 0.25) is 5.91 Å². The molecular weight excluding hydrogens is 274 g/mol. The fourth-order valence-electron chi connectivity index (χ4n) is 1.90. The lowest BCUT2D eigenvalue weighted by Crippen LogP contribution is -2.24. The van der Waals surface area contributed by atoms with E-state index in [1.807, 2.05) is 36.4 Å². The molecule has 0 radical (unpaired) electrons. The molecule has 0 heterocycles. The van der Waals surface area contributed by atoms with Crippen molar-refractivity contribution < 1.29 is 13.2 Å². The highest BCUT2D eigenvalue weighted by Gasteiger charge is 2.15. The van der Waals surface area contributed by atoms with E-state index in [2.05, 4.69) is 11.9 Å². The minimum atomic E-state index is -3.42. The van der Waals surface area contributed by atoms with E-state index >= 15 is 0 Å². The average Bonchev–Trinajstić information content (AvgIpc) is 2.37. The van der Waals surface area contributed by atoms with Gasteiger partial charge in [-0.3, -0.25) is 4.79 Å². The fraction of sp³-hybridized carbons (Fsp3) is 0.133. The number of sulfone groups is 1. The Labute approximate surface area is 118 Å². The van der Waals surface area contributed by atoms with Gasteiger partial charge in [0.1, 0.15) is 5.75 Å². The first-order valence-corrected chi connectivity index (χ1v) is 7.92. The van der Waals surface area contributed by atoms with E-state index in [9.17, 15) is 13.2 Å². The monoisotopic (exact) mass is 289 g/mol. The van der Waals surface area contributed by atoms with Crippen molar-refractivity contribution in [1.82, 2.24) is 0 Å². The maximum Gasteiger partial charge on any atom is 0.239 e. The van der Waals surface area contributed by atoms with Crippen molar-refractivity contribution in [2.45, 2.75) is 0 Å². The Balaban J connectivity index is 2.12. The average molecular weight is 289 g/mol. The topological polar surface area (TPSA) is 63.2 Å². The van der Waals surface area contributed by atoms with Crippen molar-refractivity contribution in [3.05, 3.63) is 55.1 Å². The van der Waals surface area contributed by atoms with Crippen LogP contribution in [0.5, 0.6) is 0 Å². The molecule has 0 spiro atoms. The van der Waals surface area contributed by atoms with Gasteiger partial charge < -0.3 is 5.32 Å². The van der Waals surface area contributed by atoms with Gasteiger partial charge in [-0.05, 0) is 22.9 Å². The SMILES string of the molecule is C=CCS(=O)(=O)CC(=O)Nc1ccc2ccccc2c1. The molecule has 104 valence electrons. The molecule has 2 aromatic carbocycles. The largest absolute Gasteiger partial charge is 0.325 e. The van der Waals surface area contributed by atoms with Crippen LogP contribution in [0.3, 0.4) is 0 Å². The van der Waals surface area contributed by atoms with E-state index in [-0.39, 0.29) is 5.75 Å². The Morgan fingerprint density at radius 1 is 1.15 bits per heavy atom. The lowest BCUT2D eigenvalue weighted by molar-refractivity contribution is -0.113. The molecule has 0 fully saturated rings. The van der Waals surface area contributed by atoms with Crippen LogP contribution in [0.1, 0.15) is 0 Å². The number of fused-ring (bicyclic) bond motifs is 1. The molecule has 0 aromatic heterocycles. The van der Waals surface area contributed by atoms with Crippen molar-refractivity contribution in [2.75, 3.05) is 16.8 Å². The van der Waals surface area contributed by atoms with Gasteiger partial charge in [-0.25, -0.2) is 8.42 Å². The molecule has 1 N–H and O–H groups in total. The molecule has 0 aliphatic carbocycles. The van der Waals surface area contributed by atoms with Crippen LogP contribution in [0, 0.1) is 0 Å². The minimum absolute atomic E-state index is 0.196. The first-order valence-electron chi connectivity index (χ1n) is 6.10. The van der Waals surface area contributed by atoms with E-state index in [1.54, 1.807) is 6.07 Å². The van der Waals surface area contributed by atoms with Crippen molar-refractivity contribution in [2.24, 2.45) is 0 Å². The summed E-state index contributed by atoms with van der Waals surface area (Å²) in [6, 6.07) is 13.2. The number of amides is 1. The Kier molecular flexibility index (Phi) is 4.20. The molecule has 0 bridgehead atoms. The number of carbonyl (C=O) groups excluding carboxylic acids is 1. The zero-order chi connectivity index (χ0) is 14.6. The van der Waals surface area contributed by atoms with Crippen LogP contribution in [0.25, 0.3) is 10.8 Å². The summed E-state index contributed by atoms with van der Waals surface area (Å²) >= 11 is 0. The van der Waals surface area contributed by atoms with Gasteiger partial charge in [-0.1, -0.05) is 36.4 Å². The molecule has 0 saturated carbocycles. The van der Waals surface area contributed by atoms with Crippen molar-refractivity contribution >= 4 is 32.2 Å². The molecule has 1 amide bonds. The number of anilines is 1. The molecule has 0 saturated heterocycles. The summed E-state index contributed by atoms with van der Waals surface area (Å²) in [5, 5.41) is 4.64. The number of rotatable bonds is 5. The molecule has 0 aliphatic heterocycles. The minimum Gasteiger partial charge on any atom is -0.325 e. The van der Waals surface area contributed by atoms with Gasteiger partial charge in [0.15, 0.2) is 9.84 Å². The zero-order valence-corrected chi connectivity index (χ0v) is 11.7. The molecule has 20 heavy (non-hydrogen) atoms. The Morgan fingerprint density at radius 3 is 2.55 bits per heavy atom. The van der Waals surface area contributed by atoms with Gasteiger partial charge in [-0.15, -0.1) is 6.58 Å². The van der Waals surface area contributed by atoms with Crippen LogP contribution in [-0.4, -0.2) is 25.8 Å². The third-order valence-electron chi connectivity index (χ3n) is 2.76. The normalized spacial score (nSPS) is 11.2. The summed E-state index contributed by atoms with van der Waals surface area (Å²) < 4.78 is 23.0. The third-order valence-corrected chi connectivity index (χ3v) is 4.20. The van der Waals surface area contributed by atoms with Crippen LogP contribution in [0.2, 0.25) is 0 Å². The molecule has 2 rings (SSSR count). The Hall–Kier alpha value is -2.14. The zero-order valence-electron chi connectivity index (χ0n) is 10.9. The highest BCUT2D eigenvalue weighted by molar-refractivity contribution is 7.92. The van der Waals surface area contributed by atoms with Gasteiger partial charge in [0.05, 0.1) is 5.75 Å². The van der Waals surface area contributed by atoms with Crippen LogP contribution in [0.4, 0.5) is 5.69 Å². The van der Waals surface area contributed by atoms with Gasteiger partial charge >= 0.3 is 0 Å². The summed E-state index contributed by atoms with van der Waals surface area (Å²) in [5.41, 5.74) is 0.586. The molecule has 4 nitrogen and oxygen atoms in total. The number of hydrogen-bond donors (Lipinski definition) is 1. The van der Waals surface area contributed by atoms with Crippen LogP contribution >= 0.6 is 0 Å². The van der Waals surface area contributed by atoms with Crippen LogP contribution in [0.15, 0.2) is 55.1 Å². The summed E-state index contributed by atoms with van der Waals surface area (Å²) in [6.45, 7) is 3.36. The molecule has 2 aromatic rings. The second-order valence-electron chi connectivity index (χ2n) is 4.45. The quantitative estimate of drug-likeness (QED) is 0.860. The highest BCUT2D eigenvalue weighted by Crippen LogP contribution is 2.18. The standard InChI is InChI=1S/C15H15NO3S/c1-2-9-20(18,19)11-15(17)16-14-8-7-12-5-3-4-6-13(12)10-14/h2-8,10H,1,9,11H2,(H,16,17). The van der Waals surface area contributed by atoms with Gasteiger partial charge in [0.25, 0.3) is 0 Å². The lowest BCUT2D eigenvalue weighted by Gasteiger charge is -2.06. The summed E-state index contributed by atoms with van der Waals surface area (Å²) in [5.74, 6) is -1.27. The first kappa shape index (κ1) is 14.3. The van der Waals surface area contributed by atoms with E-state index in [4.69, 9.17) is 0 Å². The summed E-state index contributed by atoms with van der Waals surface area (Å²) in [6.07, 6.45) is 1.28. The number of hydrogen-bond acceptors (Lipinski definition) is 3. The van der Waals surface area contributed by atoms with E-state index in [0.29, 0.717) is 5.69 Å². The second kappa shape index (κ2) is 5.88. The van der Waals surface area contributed by atoms with E-state index in [0.717, 1.165) is 10.8 Å². The maximum absolute atomic E-state index is 11.7. The maximum atomic E-state index is 11.7. The van der Waals surface area contributed by atoms with Crippen molar-refractivity contribution in [1.29, 1.82) is 0 Å². The predicted molar refractivity (Wildman–Crippen MR) is 81.4 cm³/mol. The molecule has 0 unspecified atom stereocenters. The third kappa shape index (κ3) is 3.68. The number of benzene rings is 2. The van der Waals surface area contributed by atoms with Crippen molar-refractivity contribution in [3.8, 4) is 0 Å². The highest BCUT2D eigenvalue weighted by atomic mass is 32.2. The number of carbonyl (C=O) groups is 1. The van der Waals surface area contributed by atoms with Gasteiger partial charge in [0, 0.05) is 5.69 Å².